The summed E-state index contributed by atoms with van der Waals surface area (Å²) in [6, 6.07) is 0. The van der Waals surface area contributed by atoms with Crippen LogP contribution in [0.2, 0.25) is 0 Å². The lowest BCUT2D eigenvalue weighted by atomic mass is 10.5. The van der Waals surface area contributed by atoms with Gasteiger partial charge < -0.3 is 4.57 Å². The molecule has 2 aromatic rings. The smallest absolute Gasteiger partial charge is 0.330 e. The molecule has 0 amide bonds. The van der Waals surface area contributed by atoms with E-state index in [1.807, 2.05) is 17.9 Å². The summed E-state index contributed by atoms with van der Waals surface area (Å²) in [7, 11) is 1.87. The van der Waals surface area contributed by atoms with Gasteiger partial charge >= 0.3 is 5.69 Å². The van der Waals surface area contributed by atoms with Crippen molar-refractivity contribution in [3.05, 3.63) is 16.8 Å². The van der Waals surface area contributed by atoms with Gasteiger partial charge in [-0.2, -0.15) is 4.98 Å². The fourth-order valence-electron chi connectivity index (χ4n) is 1.19. The summed E-state index contributed by atoms with van der Waals surface area (Å²) in [6.07, 6.45) is 3.54. The molecule has 0 bridgehead atoms. The number of hydrogen-bond donors (Lipinski definition) is 1. The van der Waals surface area contributed by atoms with Crippen LogP contribution in [0.4, 0.5) is 0 Å². The second-order valence-electron chi connectivity index (χ2n) is 2.60. The highest BCUT2D eigenvalue weighted by atomic mass is 32.2. The van der Waals surface area contributed by atoms with E-state index in [-0.39, 0.29) is 5.69 Å². The lowest BCUT2D eigenvalue weighted by Gasteiger charge is -1.98. The van der Waals surface area contributed by atoms with E-state index in [9.17, 15) is 4.79 Å². The molecule has 0 saturated carbocycles. The summed E-state index contributed by atoms with van der Waals surface area (Å²) in [5, 5.41) is 0.707. The monoisotopic (exact) mass is 196 g/mol. The molecular formula is C7H8N4OS. The number of thioether (sulfide) groups is 1. The number of imidazole rings is 1. The van der Waals surface area contributed by atoms with Crippen LogP contribution in [0.15, 0.2) is 16.1 Å². The third-order valence-electron chi connectivity index (χ3n) is 1.76. The molecule has 68 valence electrons. The number of H-pyrrole nitrogens is 1. The van der Waals surface area contributed by atoms with Crippen LogP contribution < -0.4 is 5.69 Å². The predicted molar refractivity (Wildman–Crippen MR) is 50.9 cm³/mol. The van der Waals surface area contributed by atoms with Gasteiger partial charge in [-0.3, -0.25) is 4.98 Å². The zero-order chi connectivity index (χ0) is 9.42. The van der Waals surface area contributed by atoms with Crippen LogP contribution >= 0.6 is 11.8 Å². The molecule has 0 fully saturated rings. The Labute approximate surface area is 78.2 Å². The third kappa shape index (κ3) is 1.23. The van der Waals surface area contributed by atoms with Crippen molar-refractivity contribution in [1.29, 1.82) is 0 Å². The molecule has 2 heterocycles. The van der Waals surface area contributed by atoms with Gasteiger partial charge in [0.1, 0.15) is 10.5 Å². The number of aromatic nitrogens is 4. The minimum Gasteiger partial charge on any atom is -0.330 e. The zero-order valence-electron chi connectivity index (χ0n) is 7.24. The second kappa shape index (κ2) is 2.88. The van der Waals surface area contributed by atoms with E-state index in [0.29, 0.717) is 10.7 Å². The van der Waals surface area contributed by atoms with Gasteiger partial charge in [-0.05, 0) is 6.26 Å². The molecule has 0 aliphatic carbocycles. The first-order valence-corrected chi connectivity index (χ1v) is 4.90. The highest BCUT2D eigenvalue weighted by Crippen LogP contribution is 2.19. The molecule has 0 atom stereocenters. The normalized spacial score (nSPS) is 10.9. The van der Waals surface area contributed by atoms with Gasteiger partial charge in [0.25, 0.3) is 0 Å². The average Bonchev–Trinajstić information content (AvgIpc) is 2.46. The predicted octanol–water partition coefficient (Wildman–Crippen LogP) is 0.379. The lowest BCUT2D eigenvalue weighted by molar-refractivity contribution is 0.917. The summed E-state index contributed by atoms with van der Waals surface area (Å²) >= 11 is 1.44. The van der Waals surface area contributed by atoms with E-state index < -0.39 is 0 Å². The van der Waals surface area contributed by atoms with Gasteiger partial charge in [0.05, 0.1) is 6.33 Å². The Hall–Kier alpha value is -1.30. The van der Waals surface area contributed by atoms with Crippen LogP contribution in [0, 0.1) is 0 Å². The van der Waals surface area contributed by atoms with Crippen LogP contribution in [0.3, 0.4) is 0 Å². The van der Waals surface area contributed by atoms with E-state index >= 15 is 0 Å². The molecule has 0 aliphatic heterocycles. The highest BCUT2D eigenvalue weighted by Gasteiger charge is 2.07. The van der Waals surface area contributed by atoms with Crippen LogP contribution in [0.1, 0.15) is 0 Å². The first-order chi connectivity index (χ1) is 6.22. The molecular weight excluding hydrogens is 188 g/mol. The van der Waals surface area contributed by atoms with Crippen LogP contribution in [-0.2, 0) is 7.05 Å². The van der Waals surface area contributed by atoms with Gasteiger partial charge in [0, 0.05) is 7.05 Å². The molecule has 1 N–H and O–H groups in total. The van der Waals surface area contributed by atoms with E-state index in [2.05, 4.69) is 15.0 Å². The minimum absolute atomic E-state index is 0.351. The van der Waals surface area contributed by atoms with Crippen molar-refractivity contribution in [2.24, 2.45) is 7.05 Å². The number of hydrogen-bond acceptors (Lipinski definition) is 4. The van der Waals surface area contributed by atoms with Crippen molar-refractivity contribution in [2.45, 2.75) is 5.03 Å². The highest BCUT2D eigenvalue weighted by molar-refractivity contribution is 7.98. The van der Waals surface area contributed by atoms with Crippen LogP contribution in [0.25, 0.3) is 11.2 Å². The molecule has 2 rings (SSSR count). The summed E-state index contributed by atoms with van der Waals surface area (Å²) in [6.45, 7) is 0. The summed E-state index contributed by atoms with van der Waals surface area (Å²) in [5.74, 6) is 0. The topological polar surface area (TPSA) is 63.6 Å². The van der Waals surface area contributed by atoms with Gasteiger partial charge in [-0.15, -0.1) is 11.8 Å². The third-order valence-corrected chi connectivity index (χ3v) is 2.43. The summed E-state index contributed by atoms with van der Waals surface area (Å²) in [5.41, 5.74) is 1.11. The maximum Gasteiger partial charge on any atom is 0.347 e. The Morgan fingerprint density at radius 2 is 2.38 bits per heavy atom. The molecule has 2 aromatic heterocycles. The Bertz CT molecular complexity index is 501. The van der Waals surface area contributed by atoms with Crippen molar-refractivity contribution < 1.29 is 0 Å². The number of nitrogens with zero attached hydrogens (tertiary/aromatic N) is 3. The molecule has 0 saturated heterocycles. The number of nitrogens with one attached hydrogen (secondary N) is 1. The number of aromatic amines is 1. The molecule has 0 aliphatic rings. The first-order valence-electron chi connectivity index (χ1n) is 3.67. The fraction of sp³-hybridized carbons (Fsp3) is 0.286. The molecule has 13 heavy (non-hydrogen) atoms. The molecule has 0 unspecified atom stereocenters. The van der Waals surface area contributed by atoms with Gasteiger partial charge in [-0.1, -0.05) is 0 Å². The average molecular weight is 196 g/mol. The summed E-state index contributed by atoms with van der Waals surface area (Å²) < 4.78 is 1.84. The van der Waals surface area contributed by atoms with Crippen LogP contribution in [-0.4, -0.2) is 25.8 Å². The minimum atomic E-state index is -0.351. The van der Waals surface area contributed by atoms with Gasteiger partial charge in [-0.25, -0.2) is 9.78 Å². The zero-order valence-corrected chi connectivity index (χ0v) is 8.05. The molecule has 0 spiro atoms. The Kier molecular flexibility index (Phi) is 1.84. The fourth-order valence-corrected chi connectivity index (χ4v) is 1.80. The second-order valence-corrected chi connectivity index (χ2v) is 3.40. The van der Waals surface area contributed by atoms with E-state index in [1.165, 1.54) is 11.8 Å². The maximum atomic E-state index is 11.0. The van der Waals surface area contributed by atoms with Gasteiger partial charge in [0.15, 0.2) is 5.65 Å². The Balaban J connectivity index is 2.93. The van der Waals surface area contributed by atoms with Gasteiger partial charge in [0.2, 0.25) is 0 Å². The van der Waals surface area contributed by atoms with Crippen molar-refractivity contribution in [3.63, 3.8) is 0 Å². The molecule has 0 radical (unpaired) electrons. The Morgan fingerprint density at radius 3 is 3.08 bits per heavy atom. The number of rotatable bonds is 1. The lowest BCUT2D eigenvalue weighted by Crippen LogP contribution is -2.11. The first kappa shape index (κ1) is 8.31. The van der Waals surface area contributed by atoms with E-state index in [4.69, 9.17) is 0 Å². The quantitative estimate of drug-likeness (QED) is 0.529. The standard InChI is InChI=1S/C7H8N4OS/c1-11-3-8-5-4(11)6(13-2)10-7(12)9-5/h3H,1-2H3,(H,9,10,12). The number of aryl methyl sites for hydroxylation is 1. The maximum absolute atomic E-state index is 11.0. The van der Waals surface area contributed by atoms with Crippen LogP contribution in [0.5, 0.6) is 0 Å². The SMILES string of the molecule is CSc1nc(=O)[nH]c2ncn(C)c12. The number of fused-ring (bicyclic) bond motifs is 1. The van der Waals surface area contributed by atoms with E-state index in [1.54, 1.807) is 6.33 Å². The van der Waals surface area contributed by atoms with Crippen molar-refractivity contribution in [1.82, 2.24) is 19.5 Å². The Morgan fingerprint density at radius 1 is 1.62 bits per heavy atom. The molecule has 6 heteroatoms. The van der Waals surface area contributed by atoms with Crippen molar-refractivity contribution in [3.8, 4) is 0 Å². The van der Waals surface area contributed by atoms with Crippen molar-refractivity contribution in [2.75, 3.05) is 6.26 Å². The van der Waals surface area contributed by atoms with Crippen molar-refractivity contribution >= 4 is 22.9 Å². The summed E-state index contributed by atoms with van der Waals surface area (Å²) in [4.78, 5) is 21.5. The van der Waals surface area contributed by atoms with E-state index in [0.717, 1.165) is 5.52 Å². The largest absolute Gasteiger partial charge is 0.347 e. The molecule has 5 nitrogen and oxygen atoms in total. The molecule has 0 aromatic carbocycles.